The molecule has 0 heterocycles. The first kappa shape index (κ1) is 16.4. The third-order valence-corrected chi connectivity index (χ3v) is 4.01. The predicted molar refractivity (Wildman–Crippen MR) is 74.4 cm³/mol. The van der Waals surface area contributed by atoms with Gasteiger partial charge in [-0.15, -0.1) is 0 Å². The Morgan fingerprint density at radius 3 is 2.50 bits per heavy atom. The van der Waals surface area contributed by atoms with E-state index in [1.807, 2.05) is 0 Å². The number of aliphatic hydroxyl groups excluding tert-OH is 1. The van der Waals surface area contributed by atoms with Crippen LogP contribution in [0.1, 0.15) is 24.2 Å². The number of carboxylic acid groups (broad SMARTS) is 1. The van der Waals surface area contributed by atoms with Crippen LogP contribution in [0, 0.1) is 0 Å². The molecule has 1 aromatic carbocycles. The van der Waals surface area contributed by atoms with Crippen molar-refractivity contribution in [1.82, 2.24) is 4.72 Å². The molecule has 0 aliphatic carbocycles. The largest absolute Gasteiger partial charge is 0.478 e. The molecule has 8 heteroatoms. The van der Waals surface area contributed by atoms with E-state index in [1.54, 1.807) is 13.8 Å². The number of aromatic carboxylic acids is 1. The normalized spacial score (nSPS) is 11.6. The number of anilines is 1. The number of benzene rings is 1. The zero-order valence-corrected chi connectivity index (χ0v) is 12.1. The molecule has 1 aromatic rings. The highest BCUT2D eigenvalue weighted by atomic mass is 32.2. The number of rotatable bonds is 7. The standard InChI is InChI=1S/C12H18N2O5S/c1-8(2)14-20(18,19)9-3-4-11(13-5-6-15)10(7-9)12(16)17/h3-4,7-8,13-15H,5-6H2,1-2H3,(H,16,17). The molecule has 0 aromatic heterocycles. The average Bonchev–Trinajstić information content (AvgIpc) is 2.34. The molecule has 7 nitrogen and oxygen atoms in total. The van der Waals surface area contributed by atoms with E-state index in [-0.39, 0.29) is 35.3 Å². The fourth-order valence-corrected chi connectivity index (χ4v) is 2.87. The van der Waals surface area contributed by atoms with Gasteiger partial charge in [0.1, 0.15) is 0 Å². The highest BCUT2D eigenvalue weighted by molar-refractivity contribution is 7.89. The Balaban J connectivity index is 3.19. The van der Waals surface area contributed by atoms with Crippen molar-refractivity contribution in [3.63, 3.8) is 0 Å². The van der Waals surface area contributed by atoms with Gasteiger partial charge in [-0.25, -0.2) is 17.9 Å². The Hall–Kier alpha value is -1.64. The van der Waals surface area contributed by atoms with Crippen molar-refractivity contribution in [3.8, 4) is 0 Å². The van der Waals surface area contributed by atoms with Crippen LogP contribution in [0.4, 0.5) is 5.69 Å². The molecule has 0 radical (unpaired) electrons. The number of nitrogens with one attached hydrogen (secondary N) is 2. The zero-order valence-electron chi connectivity index (χ0n) is 11.3. The first-order valence-electron chi connectivity index (χ1n) is 6.02. The van der Waals surface area contributed by atoms with Gasteiger partial charge in [0.15, 0.2) is 0 Å². The SMILES string of the molecule is CC(C)NS(=O)(=O)c1ccc(NCCO)c(C(=O)O)c1. The van der Waals surface area contributed by atoms with Gasteiger partial charge < -0.3 is 15.5 Å². The van der Waals surface area contributed by atoms with Crippen LogP contribution in [0.15, 0.2) is 23.1 Å². The fraction of sp³-hybridized carbons (Fsp3) is 0.417. The van der Waals surface area contributed by atoms with Crippen LogP contribution < -0.4 is 10.0 Å². The van der Waals surface area contributed by atoms with Crippen LogP contribution in [-0.4, -0.2) is 43.8 Å². The van der Waals surface area contributed by atoms with Gasteiger partial charge in [-0.1, -0.05) is 0 Å². The van der Waals surface area contributed by atoms with E-state index in [0.717, 1.165) is 6.07 Å². The minimum Gasteiger partial charge on any atom is -0.478 e. The lowest BCUT2D eigenvalue weighted by atomic mass is 10.2. The topological polar surface area (TPSA) is 116 Å². The van der Waals surface area contributed by atoms with Crippen molar-refractivity contribution < 1.29 is 23.4 Å². The molecule has 0 bridgehead atoms. The molecule has 0 fully saturated rings. The van der Waals surface area contributed by atoms with E-state index in [1.165, 1.54) is 12.1 Å². The molecule has 0 spiro atoms. The van der Waals surface area contributed by atoms with Crippen molar-refractivity contribution >= 4 is 21.7 Å². The quantitative estimate of drug-likeness (QED) is 0.582. The van der Waals surface area contributed by atoms with Gasteiger partial charge >= 0.3 is 5.97 Å². The van der Waals surface area contributed by atoms with E-state index in [4.69, 9.17) is 10.2 Å². The summed E-state index contributed by atoms with van der Waals surface area (Å²) >= 11 is 0. The second-order valence-electron chi connectivity index (χ2n) is 4.44. The van der Waals surface area contributed by atoms with Crippen LogP contribution >= 0.6 is 0 Å². The van der Waals surface area contributed by atoms with Gasteiger partial charge in [-0.3, -0.25) is 0 Å². The predicted octanol–water partition coefficient (Wildman–Crippen LogP) is 0.476. The maximum Gasteiger partial charge on any atom is 0.337 e. The van der Waals surface area contributed by atoms with E-state index in [0.29, 0.717) is 0 Å². The molecule has 0 saturated heterocycles. The Morgan fingerprint density at radius 1 is 1.35 bits per heavy atom. The molecule has 0 saturated carbocycles. The first-order valence-corrected chi connectivity index (χ1v) is 7.50. The van der Waals surface area contributed by atoms with Gasteiger partial charge in [0.2, 0.25) is 10.0 Å². The third kappa shape index (κ3) is 4.19. The first-order chi connectivity index (χ1) is 9.27. The highest BCUT2D eigenvalue weighted by Gasteiger charge is 2.19. The molecule has 20 heavy (non-hydrogen) atoms. The molecular weight excluding hydrogens is 284 g/mol. The molecule has 0 aliphatic rings. The number of carboxylic acids is 1. The van der Waals surface area contributed by atoms with Crippen LogP contribution in [0.5, 0.6) is 0 Å². The maximum absolute atomic E-state index is 12.0. The van der Waals surface area contributed by atoms with Crippen LogP contribution in [0.2, 0.25) is 0 Å². The summed E-state index contributed by atoms with van der Waals surface area (Å²) in [5, 5.41) is 20.6. The summed E-state index contributed by atoms with van der Waals surface area (Å²) in [5.41, 5.74) is 0.0973. The zero-order chi connectivity index (χ0) is 15.3. The molecule has 0 amide bonds. The number of sulfonamides is 1. The van der Waals surface area contributed by atoms with E-state index in [2.05, 4.69) is 10.0 Å². The van der Waals surface area contributed by atoms with Gasteiger partial charge in [0.25, 0.3) is 0 Å². The van der Waals surface area contributed by atoms with Crippen molar-refractivity contribution in [1.29, 1.82) is 0 Å². The minimum atomic E-state index is -3.74. The maximum atomic E-state index is 12.0. The summed E-state index contributed by atoms with van der Waals surface area (Å²) < 4.78 is 26.3. The second kappa shape index (κ2) is 6.69. The van der Waals surface area contributed by atoms with Crippen LogP contribution in [-0.2, 0) is 10.0 Å². The molecule has 0 unspecified atom stereocenters. The summed E-state index contributed by atoms with van der Waals surface area (Å²) in [6, 6.07) is 3.48. The number of hydrogen-bond acceptors (Lipinski definition) is 5. The Bertz CT molecular complexity index is 584. The van der Waals surface area contributed by atoms with Gasteiger partial charge in [0.05, 0.1) is 17.1 Å². The van der Waals surface area contributed by atoms with Crippen molar-refractivity contribution in [2.75, 3.05) is 18.5 Å². The van der Waals surface area contributed by atoms with Gasteiger partial charge in [0, 0.05) is 18.3 Å². The Labute approximate surface area is 117 Å². The summed E-state index contributed by atoms with van der Waals surface area (Å²) in [5.74, 6) is -1.24. The minimum absolute atomic E-state index is 0.113. The van der Waals surface area contributed by atoms with Crippen molar-refractivity contribution in [3.05, 3.63) is 23.8 Å². The number of aliphatic hydroxyl groups is 1. The van der Waals surface area contributed by atoms with E-state index < -0.39 is 16.0 Å². The highest BCUT2D eigenvalue weighted by Crippen LogP contribution is 2.20. The van der Waals surface area contributed by atoms with Crippen LogP contribution in [0.25, 0.3) is 0 Å². The molecule has 1 rings (SSSR count). The Morgan fingerprint density at radius 2 is 2.00 bits per heavy atom. The average molecular weight is 302 g/mol. The lowest BCUT2D eigenvalue weighted by molar-refractivity contribution is 0.0697. The smallest absolute Gasteiger partial charge is 0.337 e. The molecule has 112 valence electrons. The summed E-state index contributed by atoms with van der Waals surface area (Å²) in [6.45, 7) is 3.37. The third-order valence-electron chi connectivity index (χ3n) is 2.35. The molecule has 4 N–H and O–H groups in total. The molecular formula is C12H18N2O5S. The summed E-state index contributed by atoms with van der Waals surface area (Å²) in [6.07, 6.45) is 0. The Kier molecular flexibility index (Phi) is 5.49. The van der Waals surface area contributed by atoms with E-state index >= 15 is 0 Å². The van der Waals surface area contributed by atoms with Crippen LogP contribution in [0.3, 0.4) is 0 Å². The monoisotopic (exact) mass is 302 g/mol. The molecule has 0 atom stereocenters. The van der Waals surface area contributed by atoms with Gasteiger partial charge in [-0.05, 0) is 32.0 Å². The fourth-order valence-electron chi connectivity index (χ4n) is 1.59. The van der Waals surface area contributed by atoms with Crippen molar-refractivity contribution in [2.45, 2.75) is 24.8 Å². The lowest BCUT2D eigenvalue weighted by Gasteiger charge is -2.13. The molecule has 0 aliphatic heterocycles. The van der Waals surface area contributed by atoms with E-state index in [9.17, 15) is 13.2 Å². The lowest BCUT2D eigenvalue weighted by Crippen LogP contribution is -2.30. The number of carbonyl (C=O) groups is 1. The van der Waals surface area contributed by atoms with Gasteiger partial charge in [-0.2, -0.15) is 0 Å². The second-order valence-corrected chi connectivity index (χ2v) is 6.15. The summed E-state index contributed by atoms with van der Waals surface area (Å²) in [4.78, 5) is 11.1. The number of hydrogen-bond donors (Lipinski definition) is 4. The van der Waals surface area contributed by atoms with Crippen molar-refractivity contribution in [2.24, 2.45) is 0 Å². The summed E-state index contributed by atoms with van der Waals surface area (Å²) in [7, 11) is -3.74.